The minimum Gasteiger partial charge on any atom is -0.357 e. The van der Waals surface area contributed by atoms with E-state index in [-0.39, 0.29) is 5.75 Å². The zero-order chi connectivity index (χ0) is 16.9. The Morgan fingerprint density at radius 3 is 2.83 bits per heavy atom. The summed E-state index contributed by atoms with van der Waals surface area (Å²) in [6.45, 7) is 8.84. The van der Waals surface area contributed by atoms with E-state index in [9.17, 15) is 8.42 Å². The first-order valence-electron chi connectivity index (χ1n) is 8.09. The van der Waals surface area contributed by atoms with Crippen molar-refractivity contribution in [2.75, 3.05) is 31.9 Å². The third kappa shape index (κ3) is 4.46. The molecule has 1 saturated heterocycles. The first kappa shape index (κ1) is 17.8. The zero-order valence-corrected chi connectivity index (χ0v) is 15.0. The fourth-order valence-electron chi connectivity index (χ4n) is 2.60. The summed E-state index contributed by atoms with van der Waals surface area (Å²) < 4.78 is 25.4. The van der Waals surface area contributed by atoms with E-state index in [0.717, 1.165) is 25.5 Å². The molecule has 0 radical (unpaired) electrons. The van der Waals surface area contributed by atoms with E-state index in [1.807, 2.05) is 23.9 Å². The molecule has 0 atom stereocenters. The molecule has 0 aliphatic carbocycles. The lowest BCUT2D eigenvalue weighted by atomic mass is 10.2. The van der Waals surface area contributed by atoms with Gasteiger partial charge in [0.2, 0.25) is 0 Å². The fourth-order valence-corrected chi connectivity index (χ4v) is 3.97. The monoisotopic (exact) mass is 341 g/mol. The van der Waals surface area contributed by atoms with Gasteiger partial charge >= 0.3 is 0 Å². The highest BCUT2D eigenvalue weighted by Crippen LogP contribution is 2.23. The van der Waals surface area contributed by atoms with Crippen molar-refractivity contribution in [2.24, 2.45) is 4.99 Å². The van der Waals surface area contributed by atoms with Crippen LogP contribution in [0.5, 0.6) is 0 Å². The van der Waals surface area contributed by atoms with Gasteiger partial charge in [-0.1, -0.05) is 0 Å². The Hall–Kier alpha value is -1.57. The number of rotatable bonds is 5. The summed E-state index contributed by atoms with van der Waals surface area (Å²) in [6.07, 6.45) is 4.60. The number of hydrogen-bond donors (Lipinski definition) is 1. The van der Waals surface area contributed by atoms with E-state index < -0.39 is 14.6 Å². The molecule has 0 saturated carbocycles. The average Bonchev–Trinajstić information content (AvgIpc) is 2.98. The van der Waals surface area contributed by atoms with E-state index in [1.165, 1.54) is 0 Å². The summed E-state index contributed by atoms with van der Waals surface area (Å²) in [4.78, 5) is 6.70. The number of hydrogen-bond acceptors (Lipinski definition) is 4. The molecule has 1 aliphatic rings. The first-order chi connectivity index (χ1) is 10.9. The second kappa shape index (κ2) is 7.33. The SMILES string of the molecule is CCNC(=NCCCn1cccn1)N1CCS(=O)(=O)C(C)(C)C1. The van der Waals surface area contributed by atoms with Crippen LogP contribution in [0, 0.1) is 0 Å². The molecule has 0 amide bonds. The highest BCUT2D eigenvalue weighted by atomic mass is 32.2. The van der Waals surface area contributed by atoms with Gasteiger partial charge in [0.1, 0.15) is 0 Å². The Bertz CT molecular complexity index is 622. The third-order valence-corrected chi connectivity index (χ3v) is 6.58. The van der Waals surface area contributed by atoms with Crippen molar-refractivity contribution < 1.29 is 8.42 Å². The number of aliphatic imine (C=N–C) groups is 1. The number of nitrogens with zero attached hydrogens (tertiary/aromatic N) is 4. The molecule has 0 unspecified atom stereocenters. The number of sulfone groups is 1. The molecule has 1 fully saturated rings. The van der Waals surface area contributed by atoms with Gasteiger partial charge in [-0.3, -0.25) is 9.67 Å². The van der Waals surface area contributed by atoms with Crippen LogP contribution in [0.3, 0.4) is 0 Å². The molecule has 8 heteroatoms. The van der Waals surface area contributed by atoms with Crippen molar-refractivity contribution in [3.05, 3.63) is 18.5 Å². The summed E-state index contributed by atoms with van der Waals surface area (Å²) in [5, 5.41) is 7.44. The second-order valence-electron chi connectivity index (χ2n) is 6.36. The van der Waals surface area contributed by atoms with Gasteiger partial charge < -0.3 is 10.2 Å². The maximum atomic E-state index is 12.1. The normalized spacial score (nSPS) is 20.5. The molecule has 130 valence electrons. The van der Waals surface area contributed by atoms with Crippen LogP contribution < -0.4 is 5.32 Å². The lowest BCUT2D eigenvalue weighted by molar-refractivity contribution is 0.353. The molecule has 0 aromatic carbocycles. The van der Waals surface area contributed by atoms with Crippen molar-refractivity contribution in [3.63, 3.8) is 0 Å². The topological polar surface area (TPSA) is 79.6 Å². The van der Waals surface area contributed by atoms with Crippen LogP contribution in [0.4, 0.5) is 0 Å². The molecule has 1 aliphatic heterocycles. The summed E-state index contributed by atoms with van der Waals surface area (Å²) in [5.41, 5.74) is 0. The van der Waals surface area contributed by atoms with Gasteiger partial charge in [0, 0.05) is 45.1 Å². The van der Waals surface area contributed by atoms with Gasteiger partial charge in [0.15, 0.2) is 15.8 Å². The molecular formula is C15H27N5O2S. The number of aromatic nitrogens is 2. The maximum absolute atomic E-state index is 12.1. The molecule has 0 bridgehead atoms. The number of nitrogens with one attached hydrogen (secondary N) is 1. The van der Waals surface area contributed by atoms with Gasteiger partial charge in [0.05, 0.1) is 10.5 Å². The largest absolute Gasteiger partial charge is 0.357 e. The standard InChI is InChI=1S/C15H27N5O2S/c1-4-16-14(17-7-5-9-20-10-6-8-18-20)19-11-12-23(21,22)15(2,3)13-19/h6,8,10H,4-5,7,9,11-13H2,1-3H3,(H,16,17). The Labute approximate surface area is 138 Å². The molecule has 0 spiro atoms. The number of guanidine groups is 1. The Kier molecular flexibility index (Phi) is 5.67. The molecular weight excluding hydrogens is 314 g/mol. The van der Waals surface area contributed by atoms with Crippen molar-refractivity contribution in [1.29, 1.82) is 0 Å². The molecule has 2 rings (SSSR count). The summed E-state index contributed by atoms with van der Waals surface area (Å²) in [7, 11) is -3.03. The van der Waals surface area contributed by atoms with Gasteiger partial charge in [-0.25, -0.2) is 8.42 Å². The molecule has 2 heterocycles. The van der Waals surface area contributed by atoms with E-state index in [2.05, 4.69) is 20.3 Å². The predicted octanol–water partition coefficient (Wildman–Crippen LogP) is 0.748. The van der Waals surface area contributed by atoms with Gasteiger partial charge in [-0.15, -0.1) is 0 Å². The molecule has 23 heavy (non-hydrogen) atoms. The van der Waals surface area contributed by atoms with Crippen LogP contribution >= 0.6 is 0 Å². The van der Waals surface area contributed by atoms with E-state index in [4.69, 9.17) is 0 Å². The smallest absolute Gasteiger partial charge is 0.193 e. The number of aryl methyl sites for hydroxylation is 1. The average molecular weight is 341 g/mol. The van der Waals surface area contributed by atoms with E-state index in [1.54, 1.807) is 20.0 Å². The third-order valence-electron chi connectivity index (χ3n) is 4.04. The lowest BCUT2D eigenvalue weighted by Gasteiger charge is -2.39. The highest BCUT2D eigenvalue weighted by molar-refractivity contribution is 7.92. The van der Waals surface area contributed by atoms with Gasteiger partial charge in [-0.05, 0) is 33.3 Å². The second-order valence-corrected chi connectivity index (χ2v) is 9.10. The summed E-state index contributed by atoms with van der Waals surface area (Å²) in [5.74, 6) is 0.980. The van der Waals surface area contributed by atoms with Crippen LogP contribution in [-0.4, -0.2) is 65.7 Å². The summed E-state index contributed by atoms with van der Waals surface area (Å²) >= 11 is 0. The van der Waals surface area contributed by atoms with Crippen LogP contribution in [0.2, 0.25) is 0 Å². The predicted molar refractivity (Wildman–Crippen MR) is 92.3 cm³/mol. The maximum Gasteiger partial charge on any atom is 0.193 e. The zero-order valence-electron chi connectivity index (χ0n) is 14.2. The molecule has 1 aromatic heterocycles. The quantitative estimate of drug-likeness (QED) is 0.486. The Morgan fingerprint density at radius 2 is 2.22 bits per heavy atom. The lowest BCUT2D eigenvalue weighted by Crippen LogP contribution is -2.57. The Morgan fingerprint density at radius 1 is 1.43 bits per heavy atom. The fraction of sp³-hybridized carbons (Fsp3) is 0.733. The van der Waals surface area contributed by atoms with Crippen molar-refractivity contribution in [3.8, 4) is 0 Å². The minimum absolute atomic E-state index is 0.178. The van der Waals surface area contributed by atoms with E-state index in [0.29, 0.717) is 19.6 Å². The van der Waals surface area contributed by atoms with Crippen molar-refractivity contribution in [1.82, 2.24) is 20.0 Å². The van der Waals surface area contributed by atoms with Crippen LogP contribution in [0.1, 0.15) is 27.2 Å². The van der Waals surface area contributed by atoms with Gasteiger partial charge in [0.25, 0.3) is 0 Å². The minimum atomic E-state index is -3.03. The van der Waals surface area contributed by atoms with Crippen LogP contribution in [0.15, 0.2) is 23.5 Å². The van der Waals surface area contributed by atoms with E-state index >= 15 is 0 Å². The van der Waals surface area contributed by atoms with Crippen molar-refractivity contribution >= 4 is 15.8 Å². The molecule has 1 aromatic rings. The first-order valence-corrected chi connectivity index (χ1v) is 9.74. The highest BCUT2D eigenvalue weighted by Gasteiger charge is 2.40. The van der Waals surface area contributed by atoms with Crippen LogP contribution in [0.25, 0.3) is 0 Å². The summed E-state index contributed by atoms with van der Waals surface area (Å²) in [6, 6.07) is 1.91. The Balaban J connectivity index is 1.96. The molecule has 7 nitrogen and oxygen atoms in total. The molecule has 1 N–H and O–H groups in total. The van der Waals surface area contributed by atoms with Gasteiger partial charge in [-0.2, -0.15) is 5.10 Å². The van der Waals surface area contributed by atoms with Crippen molar-refractivity contribution in [2.45, 2.75) is 38.5 Å². The van der Waals surface area contributed by atoms with Crippen LogP contribution in [-0.2, 0) is 16.4 Å².